The fourth-order valence-electron chi connectivity index (χ4n) is 2.74. The van der Waals surface area contributed by atoms with Gasteiger partial charge in [0, 0.05) is 11.4 Å². The molecule has 1 atom stereocenters. The fraction of sp³-hybridized carbons (Fsp3) is 0.350. The summed E-state index contributed by atoms with van der Waals surface area (Å²) < 4.78 is 10.7. The number of benzene rings is 2. The Morgan fingerprint density at radius 1 is 1.20 bits per heavy atom. The highest BCUT2D eigenvalue weighted by Crippen LogP contribution is 2.33. The zero-order valence-corrected chi connectivity index (χ0v) is 15.4. The molecule has 0 aliphatic carbocycles. The maximum absolute atomic E-state index is 12.3. The number of thioether (sulfide) groups is 1. The summed E-state index contributed by atoms with van der Waals surface area (Å²) >= 11 is 1.59. The minimum absolute atomic E-state index is 0.0292. The van der Waals surface area contributed by atoms with Crippen molar-refractivity contribution in [1.29, 1.82) is 0 Å². The van der Waals surface area contributed by atoms with Crippen LogP contribution in [0, 0.1) is 0 Å². The molecule has 0 saturated carbocycles. The quantitative estimate of drug-likeness (QED) is 0.773. The van der Waals surface area contributed by atoms with Gasteiger partial charge in [-0.3, -0.25) is 4.79 Å². The molecular weight excluding hydrogens is 334 g/mol. The highest BCUT2D eigenvalue weighted by atomic mass is 32.2. The van der Waals surface area contributed by atoms with Crippen LogP contribution in [0.15, 0.2) is 42.5 Å². The molecule has 4 nitrogen and oxygen atoms in total. The molecule has 132 valence electrons. The first-order chi connectivity index (χ1) is 12.2. The number of carbonyl (C=O) groups excluding carboxylic acids is 1. The number of rotatable bonds is 7. The van der Waals surface area contributed by atoms with Crippen LogP contribution in [0.4, 0.5) is 5.69 Å². The van der Waals surface area contributed by atoms with Crippen LogP contribution in [0.5, 0.6) is 11.5 Å². The van der Waals surface area contributed by atoms with Gasteiger partial charge in [0.2, 0.25) is 12.7 Å². The van der Waals surface area contributed by atoms with Gasteiger partial charge in [-0.1, -0.05) is 38.1 Å². The van der Waals surface area contributed by atoms with Crippen molar-refractivity contribution in [1.82, 2.24) is 0 Å². The molecule has 5 heteroatoms. The average molecular weight is 357 g/mol. The molecule has 2 aromatic rings. The van der Waals surface area contributed by atoms with Gasteiger partial charge in [-0.25, -0.2) is 0 Å². The van der Waals surface area contributed by atoms with E-state index < -0.39 is 0 Å². The Hall–Kier alpha value is -2.14. The van der Waals surface area contributed by atoms with E-state index in [1.807, 2.05) is 36.4 Å². The van der Waals surface area contributed by atoms with Crippen LogP contribution in [-0.2, 0) is 10.5 Å². The van der Waals surface area contributed by atoms with Crippen LogP contribution in [-0.4, -0.2) is 18.5 Å². The number of nitrogens with one attached hydrogen (secondary N) is 1. The third-order valence-electron chi connectivity index (χ3n) is 4.32. The van der Waals surface area contributed by atoms with Gasteiger partial charge in [0.15, 0.2) is 11.5 Å². The Kier molecular flexibility index (Phi) is 5.87. The van der Waals surface area contributed by atoms with E-state index in [9.17, 15) is 4.79 Å². The van der Waals surface area contributed by atoms with E-state index in [0.29, 0.717) is 11.7 Å². The zero-order chi connectivity index (χ0) is 17.6. The number of para-hydroxylation sites is 1. The average Bonchev–Trinajstić information content (AvgIpc) is 3.09. The molecule has 0 saturated heterocycles. The molecule has 1 heterocycles. The van der Waals surface area contributed by atoms with E-state index in [2.05, 4.69) is 25.2 Å². The van der Waals surface area contributed by atoms with E-state index in [4.69, 9.17) is 9.47 Å². The smallest absolute Gasteiger partial charge is 0.234 e. The molecule has 0 radical (unpaired) electrons. The van der Waals surface area contributed by atoms with Crippen LogP contribution in [0.3, 0.4) is 0 Å². The Balaban J connectivity index is 1.52. The monoisotopic (exact) mass is 357 g/mol. The molecule has 0 bridgehead atoms. The zero-order valence-electron chi connectivity index (χ0n) is 14.6. The summed E-state index contributed by atoms with van der Waals surface area (Å²) in [5, 5.41) is 3.05. The molecule has 0 spiro atoms. The summed E-state index contributed by atoms with van der Waals surface area (Å²) in [6.45, 7) is 4.62. The maximum Gasteiger partial charge on any atom is 0.234 e. The Labute approximate surface area is 152 Å². The predicted octanol–water partition coefficient (Wildman–Crippen LogP) is 4.80. The van der Waals surface area contributed by atoms with Gasteiger partial charge in [0.1, 0.15) is 0 Å². The molecule has 0 aromatic heterocycles. The van der Waals surface area contributed by atoms with E-state index in [1.165, 1.54) is 5.56 Å². The second-order valence-electron chi connectivity index (χ2n) is 6.13. The second kappa shape index (κ2) is 8.30. The maximum atomic E-state index is 12.3. The highest BCUT2D eigenvalue weighted by Gasteiger charge is 2.14. The SMILES string of the molecule is CC[C@@H](C)c1ccccc1NC(=O)CSCc1ccc2c(c1)OCO2. The first kappa shape index (κ1) is 17.7. The van der Waals surface area contributed by atoms with Crippen LogP contribution in [0.2, 0.25) is 0 Å². The Morgan fingerprint density at radius 3 is 2.84 bits per heavy atom. The second-order valence-corrected chi connectivity index (χ2v) is 7.11. The summed E-state index contributed by atoms with van der Waals surface area (Å²) in [6, 6.07) is 13.9. The molecule has 0 fully saturated rings. The molecule has 0 unspecified atom stereocenters. The van der Waals surface area contributed by atoms with Gasteiger partial charge in [-0.15, -0.1) is 11.8 Å². The number of fused-ring (bicyclic) bond motifs is 1. The van der Waals surface area contributed by atoms with Crippen molar-refractivity contribution in [2.45, 2.75) is 31.9 Å². The molecule has 1 aliphatic heterocycles. The normalized spacial score (nSPS) is 13.5. The van der Waals surface area contributed by atoms with Gasteiger partial charge >= 0.3 is 0 Å². The number of ether oxygens (including phenoxy) is 2. The van der Waals surface area contributed by atoms with Gasteiger partial charge in [-0.05, 0) is 41.7 Å². The minimum Gasteiger partial charge on any atom is -0.454 e. The molecule has 1 aliphatic rings. The van der Waals surface area contributed by atoms with Crippen molar-refractivity contribution >= 4 is 23.4 Å². The first-order valence-electron chi connectivity index (χ1n) is 8.52. The number of carbonyl (C=O) groups is 1. The number of amides is 1. The van der Waals surface area contributed by atoms with Crippen molar-refractivity contribution in [3.05, 3.63) is 53.6 Å². The Morgan fingerprint density at radius 2 is 2.00 bits per heavy atom. The lowest BCUT2D eigenvalue weighted by Crippen LogP contribution is -2.16. The molecule has 1 amide bonds. The third kappa shape index (κ3) is 4.48. The topological polar surface area (TPSA) is 47.6 Å². The molecule has 3 rings (SSSR count). The van der Waals surface area contributed by atoms with Gasteiger partial charge in [-0.2, -0.15) is 0 Å². The van der Waals surface area contributed by atoms with Crippen LogP contribution >= 0.6 is 11.8 Å². The third-order valence-corrected chi connectivity index (χ3v) is 5.32. The first-order valence-corrected chi connectivity index (χ1v) is 9.68. The number of hydrogen-bond donors (Lipinski definition) is 1. The molecular formula is C20H23NO3S. The van der Waals surface area contributed by atoms with Gasteiger partial charge in [0.05, 0.1) is 5.75 Å². The van der Waals surface area contributed by atoms with Crippen LogP contribution in [0.1, 0.15) is 37.3 Å². The predicted molar refractivity (Wildman–Crippen MR) is 103 cm³/mol. The van der Waals surface area contributed by atoms with Gasteiger partial charge in [0.25, 0.3) is 0 Å². The van der Waals surface area contributed by atoms with E-state index >= 15 is 0 Å². The lowest BCUT2D eigenvalue weighted by molar-refractivity contribution is -0.113. The van der Waals surface area contributed by atoms with E-state index in [1.54, 1.807) is 11.8 Å². The summed E-state index contributed by atoms with van der Waals surface area (Å²) in [5.74, 6) is 3.21. The standard InChI is InChI=1S/C20H23NO3S/c1-3-14(2)16-6-4-5-7-17(16)21-20(22)12-25-11-15-8-9-18-19(10-15)24-13-23-18/h4-10,14H,3,11-13H2,1-2H3,(H,21,22)/t14-/m1/s1. The van der Waals surface area contributed by atoms with Crippen molar-refractivity contribution in [3.63, 3.8) is 0 Å². The van der Waals surface area contributed by atoms with Crippen molar-refractivity contribution < 1.29 is 14.3 Å². The fourth-order valence-corrected chi connectivity index (χ4v) is 3.51. The lowest BCUT2D eigenvalue weighted by atomic mass is 9.97. The van der Waals surface area contributed by atoms with Crippen molar-refractivity contribution in [2.24, 2.45) is 0 Å². The minimum atomic E-state index is 0.0292. The summed E-state index contributed by atoms with van der Waals surface area (Å²) in [7, 11) is 0. The van der Waals surface area contributed by atoms with E-state index in [0.717, 1.165) is 34.9 Å². The Bertz CT molecular complexity index is 747. The number of hydrogen-bond acceptors (Lipinski definition) is 4. The lowest BCUT2D eigenvalue weighted by Gasteiger charge is -2.15. The molecule has 1 N–H and O–H groups in total. The van der Waals surface area contributed by atoms with Crippen molar-refractivity contribution in [2.75, 3.05) is 17.9 Å². The molecule has 25 heavy (non-hydrogen) atoms. The van der Waals surface area contributed by atoms with Crippen LogP contribution in [0.25, 0.3) is 0 Å². The molecule has 2 aromatic carbocycles. The van der Waals surface area contributed by atoms with Gasteiger partial charge < -0.3 is 14.8 Å². The van der Waals surface area contributed by atoms with Crippen LogP contribution < -0.4 is 14.8 Å². The summed E-state index contributed by atoms with van der Waals surface area (Å²) in [5.41, 5.74) is 3.24. The van der Waals surface area contributed by atoms with Crippen molar-refractivity contribution in [3.8, 4) is 11.5 Å². The highest BCUT2D eigenvalue weighted by molar-refractivity contribution is 7.99. The van der Waals surface area contributed by atoms with E-state index in [-0.39, 0.29) is 12.7 Å². The largest absolute Gasteiger partial charge is 0.454 e. The summed E-state index contributed by atoms with van der Waals surface area (Å²) in [4.78, 5) is 12.3. The number of anilines is 1. The summed E-state index contributed by atoms with van der Waals surface area (Å²) in [6.07, 6.45) is 1.05.